The molecule has 296 valence electrons. The van der Waals surface area contributed by atoms with Crippen LogP contribution in [0.1, 0.15) is 114 Å². The maximum absolute atomic E-state index is 13.7. The van der Waals surface area contributed by atoms with E-state index in [4.69, 9.17) is 14.5 Å². The lowest BCUT2D eigenvalue weighted by atomic mass is 9.86. The summed E-state index contributed by atoms with van der Waals surface area (Å²) in [6, 6.07) is 7.97. The van der Waals surface area contributed by atoms with Crippen molar-refractivity contribution in [2.24, 2.45) is 5.92 Å². The van der Waals surface area contributed by atoms with Gasteiger partial charge < -0.3 is 30.2 Å². The number of nitrogens with zero attached hydrogens (tertiary/aromatic N) is 3. The Morgan fingerprint density at radius 3 is 2.40 bits per heavy atom. The van der Waals surface area contributed by atoms with Crippen LogP contribution in [0, 0.1) is 5.92 Å². The van der Waals surface area contributed by atoms with Crippen molar-refractivity contribution in [2.75, 3.05) is 20.8 Å². The molecule has 13 nitrogen and oxygen atoms in total. The molecule has 2 aliphatic heterocycles. The Morgan fingerprint density at radius 2 is 1.73 bits per heavy atom. The van der Waals surface area contributed by atoms with E-state index >= 15 is 0 Å². The molecule has 3 amide bonds. The Bertz CT molecular complexity index is 1830. The number of methoxy groups -OCH3 is 2. The van der Waals surface area contributed by atoms with E-state index in [1.807, 2.05) is 38.8 Å². The molecule has 3 heterocycles. The van der Waals surface area contributed by atoms with Crippen LogP contribution in [0.4, 0.5) is 9.59 Å². The first-order chi connectivity index (χ1) is 26.5. The number of hydrazine groups is 1. The third-order valence-electron chi connectivity index (χ3n) is 11.3. The smallest absolute Gasteiger partial charge is 0.425 e. The Morgan fingerprint density at radius 1 is 0.982 bits per heavy atom. The highest BCUT2D eigenvalue weighted by Gasteiger charge is 2.38. The molecular formula is C42H57N7O6. The Hall–Kier alpha value is -4.88. The number of amides is 3. The summed E-state index contributed by atoms with van der Waals surface area (Å²) in [5, 5.41) is 19.2. The molecule has 6 rings (SSSR count). The maximum Gasteiger partial charge on any atom is 0.425 e. The number of aromatic amines is 1. The summed E-state index contributed by atoms with van der Waals surface area (Å²) in [7, 11) is 2.62. The van der Waals surface area contributed by atoms with Gasteiger partial charge in [0.05, 0.1) is 44.2 Å². The number of likely N-dealkylation sites (tertiary alicyclic amines) is 1. The molecule has 4 unspecified atom stereocenters. The van der Waals surface area contributed by atoms with Crippen LogP contribution >= 0.6 is 0 Å². The van der Waals surface area contributed by atoms with Crippen LogP contribution in [0.5, 0.6) is 0 Å². The van der Waals surface area contributed by atoms with E-state index in [9.17, 15) is 19.5 Å². The average molecular weight is 756 g/mol. The topological polar surface area (TPSA) is 161 Å². The summed E-state index contributed by atoms with van der Waals surface area (Å²) in [4.78, 5) is 47.9. The average Bonchev–Trinajstić information content (AvgIpc) is 4.00. The number of rotatable bonds is 11. The van der Waals surface area contributed by atoms with Crippen LogP contribution in [0.25, 0.3) is 11.3 Å². The van der Waals surface area contributed by atoms with E-state index in [0.717, 1.165) is 84.4 Å². The van der Waals surface area contributed by atoms with Crippen molar-refractivity contribution in [1.82, 2.24) is 35.9 Å². The number of H-pyrrole nitrogens is 1. The third kappa shape index (κ3) is 8.99. The lowest BCUT2D eigenvalue weighted by Crippen LogP contribution is -2.54. The predicted octanol–water partition coefficient (Wildman–Crippen LogP) is 6.45. The predicted molar refractivity (Wildman–Crippen MR) is 211 cm³/mol. The molecule has 0 radical (unpaired) electrons. The third-order valence-corrected chi connectivity index (χ3v) is 11.3. The fourth-order valence-corrected chi connectivity index (χ4v) is 8.25. The van der Waals surface area contributed by atoms with Gasteiger partial charge in [-0.3, -0.25) is 9.69 Å². The van der Waals surface area contributed by atoms with Crippen molar-refractivity contribution >= 4 is 29.4 Å². The monoisotopic (exact) mass is 755 g/mol. The summed E-state index contributed by atoms with van der Waals surface area (Å²) >= 11 is 0. The summed E-state index contributed by atoms with van der Waals surface area (Å²) in [6.07, 6.45) is 15.6. The largest absolute Gasteiger partial charge is 0.453 e. The number of allylic oxidation sites excluding steroid dienone is 4. The van der Waals surface area contributed by atoms with E-state index in [1.165, 1.54) is 24.8 Å². The number of carbonyl (C=O) groups excluding carboxylic acids is 3. The van der Waals surface area contributed by atoms with Crippen LogP contribution in [0.3, 0.4) is 0 Å². The zero-order chi connectivity index (χ0) is 39.2. The molecular weight excluding hydrogens is 699 g/mol. The van der Waals surface area contributed by atoms with Gasteiger partial charge in [0.1, 0.15) is 12.1 Å². The van der Waals surface area contributed by atoms with E-state index in [-0.39, 0.29) is 35.9 Å². The Labute approximate surface area is 324 Å². The summed E-state index contributed by atoms with van der Waals surface area (Å²) in [5.74, 6) is 0.901. The zero-order valence-electron chi connectivity index (χ0n) is 32.9. The van der Waals surface area contributed by atoms with Gasteiger partial charge in [0.2, 0.25) is 0 Å². The van der Waals surface area contributed by atoms with Crippen molar-refractivity contribution in [1.29, 1.82) is 0 Å². The van der Waals surface area contributed by atoms with E-state index in [2.05, 4.69) is 69.6 Å². The number of alkyl carbamates (subject to hydrolysis) is 1. The number of hydrogen-bond donors (Lipinski definition) is 5. The number of hydrogen-bond acceptors (Lipinski definition) is 9. The molecule has 5 atom stereocenters. The normalized spacial score (nSPS) is 22.5. The van der Waals surface area contributed by atoms with Gasteiger partial charge in [-0.2, -0.15) is 0 Å². The van der Waals surface area contributed by atoms with Crippen LogP contribution < -0.4 is 16.1 Å². The minimum atomic E-state index is -0.875. The minimum absolute atomic E-state index is 0.00528. The SMILES string of the molecule is COC(=O)N[C@@H](C(C)C)C(O)N1CCCC1c1ncc(C2=CCC(c3ccc(C4=CCC(C5=C(C(=O)N(NC(=O)OC)C(C)C)CCCC5)N4)cc3)C=C2)[nH]1. The highest BCUT2D eigenvalue weighted by molar-refractivity contribution is 5.95. The molecule has 1 fully saturated rings. The number of aromatic nitrogens is 2. The number of aliphatic hydroxyl groups is 1. The quantitative estimate of drug-likeness (QED) is 0.162. The molecule has 0 spiro atoms. The van der Waals surface area contributed by atoms with Gasteiger partial charge in [-0.25, -0.2) is 25.0 Å². The standard InChI is InChI=1S/C42H57N7O6/c1-25(2)37(46-41(52)54-5)40(51)48-23-9-12-36(48)38-43-24-35(45-38)30-19-15-28(16-20-30)27-13-17-29(18-14-27)33-21-22-34(44-33)31-10-7-8-11-32(31)39(50)49(26(3)4)47-42(53)55-6/h13-15,17-21,24-26,28,34,36-37,40,44,51H,7-12,16,22-23H2,1-6H3,(H,43,45)(H,46,52)(H,47,53)/t28?,34?,36?,37-,40?/m0/s1. The fraction of sp³-hybridized carbons (Fsp3) is 0.524. The van der Waals surface area contributed by atoms with Crippen molar-refractivity contribution < 1.29 is 29.0 Å². The molecule has 1 aromatic heterocycles. The van der Waals surface area contributed by atoms with Crippen molar-refractivity contribution in [3.63, 3.8) is 0 Å². The molecule has 13 heteroatoms. The number of nitrogens with one attached hydrogen (secondary N) is 4. The first-order valence-electron chi connectivity index (χ1n) is 19.7. The number of imidazole rings is 1. The first kappa shape index (κ1) is 39.8. The van der Waals surface area contributed by atoms with Crippen LogP contribution in [0.15, 0.2) is 65.9 Å². The van der Waals surface area contributed by atoms with Gasteiger partial charge in [-0.05, 0) is 93.4 Å². The number of aliphatic hydroxyl groups excluding tert-OH is 1. The molecule has 0 saturated carbocycles. The Kier molecular flexibility index (Phi) is 12.8. The summed E-state index contributed by atoms with van der Waals surface area (Å²) in [6.45, 7) is 8.39. The van der Waals surface area contributed by atoms with E-state index in [0.29, 0.717) is 13.0 Å². The minimum Gasteiger partial charge on any atom is -0.453 e. The van der Waals surface area contributed by atoms with Gasteiger partial charge in [0.25, 0.3) is 5.91 Å². The van der Waals surface area contributed by atoms with Gasteiger partial charge >= 0.3 is 12.2 Å². The van der Waals surface area contributed by atoms with Crippen molar-refractivity contribution in [3.05, 3.63) is 88.6 Å². The number of benzene rings is 1. The zero-order valence-corrected chi connectivity index (χ0v) is 32.9. The number of carbonyl (C=O) groups is 3. The summed E-state index contributed by atoms with van der Waals surface area (Å²) < 4.78 is 9.57. The second-order valence-corrected chi connectivity index (χ2v) is 15.5. The van der Waals surface area contributed by atoms with Crippen LogP contribution in [-0.4, -0.2) is 88.2 Å². The van der Waals surface area contributed by atoms with Crippen LogP contribution in [-0.2, 0) is 14.3 Å². The molecule has 1 aromatic carbocycles. The molecule has 1 saturated heterocycles. The van der Waals surface area contributed by atoms with E-state index in [1.54, 1.807) is 0 Å². The highest BCUT2D eigenvalue weighted by atomic mass is 16.5. The van der Waals surface area contributed by atoms with Gasteiger partial charge in [0.15, 0.2) is 0 Å². The van der Waals surface area contributed by atoms with E-state index < -0.39 is 24.5 Å². The molecule has 5 N–H and O–H groups in total. The molecule has 2 aliphatic carbocycles. The second kappa shape index (κ2) is 17.7. The van der Waals surface area contributed by atoms with Gasteiger partial charge in [-0.15, -0.1) is 0 Å². The lowest BCUT2D eigenvalue weighted by Gasteiger charge is -2.35. The van der Waals surface area contributed by atoms with Gasteiger partial charge in [-0.1, -0.05) is 62.4 Å². The first-order valence-corrected chi connectivity index (χ1v) is 19.7. The highest BCUT2D eigenvalue weighted by Crippen LogP contribution is 2.37. The van der Waals surface area contributed by atoms with Gasteiger partial charge in [0, 0.05) is 29.8 Å². The fourth-order valence-electron chi connectivity index (χ4n) is 8.25. The second-order valence-electron chi connectivity index (χ2n) is 15.5. The van der Waals surface area contributed by atoms with Crippen molar-refractivity contribution in [3.8, 4) is 0 Å². The van der Waals surface area contributed by atoms with Crippen LogP contribution in [0.2, 0.25) is 0 Å². The molecule has 4 aliphatic rings. The van der Waals surface area contributed by atoms with Crippen molar-refractivity contribution in [2.45, 2.75) is 115 Å². The molecule has 2 aromatic rings. The maximum atomic E-state index is 13.7. The lowest BCUT2D eigenvalue weighted by molar-refractivity contribution is -0.132. The number of ether oxygens (including phenoxy) is 2. The Balaban J connectivity index is 1.07. The molecule has 0 bridgehead atoms. The summed E-state index contributed by atoms with van der Waals surface area (Å²) in [5.41, 5.74) is 9.95. The molecule has 55 heavy (non-hydrogen) atoms.